The number of halogens is 3. The molecule has 3 aromatic carbocycles. The lowest BCUT2D eigenvalue weighted by molar-refractivity contribution is -0.151. The van der Waals surface area contributed by atoms with Crippen molar-refractivity contribution < 1.29 is 23.8 Å². The van der Waals surface area contributed by atoms with Crippen LogP contribution in [0.2, 0.25) is 0 Å². The normalized spacial score (nSPS) is 17.2. The van der Waals surface area contributed by atoms with Crippen LogP contribution in [0, 0.1) is 0 Å². The zero-order chi connectivity index (χ0) is 28.0. The van der Waals surface area contributed by atoms with E-state index in [0.717, 1.165) is 16.7 Å². The summed E-state index contributed by atoms with van der Waals surface area (Å²) in [4.78, 5) is 27.9. The Kier molecular flexibility index (Phi) is 9.28. The lowest BCUT2D eigenvalue weighted by atomic mass is 9.86. The molecule has 2 unspecified atom stereocenters. The van der Waals surface area contributed by atoms with E-state index in [2.05, 4.69) is 5.32 Å². The minimum Gasteiger partial charge on any atom is -0.497 e. The smallest absolute Gasteiger partial charge is 0.408 e. The molecular weight excluding hydrogens is 563 g/mol. The van der Waals surface area contributed by atoms with Crippen molar-refractivity contribution >= 4 is 52.9 Å². The largest absolute Gasteiger partial charge is 0.497 e. The number of alkyl carbamates (subject to hydrolysis) is 1. The van der Waals surface area contributed by atoms with Gasteiger partial charge in [-0.1, -0.05) is 102 Å². The summed E-state index contributed by atoms with van der Waals surface area (Å²) in [7, 11) is 3.19. The number of amides is 2. The lowest BCUT2D eigenvalue weighted by Gasteiger charge is -2.50. The van der Waals surface area contributed by atoms with Crippen molar-refractivity contribution in [1.29, 1.82) is 0 Å². The summed E-state index contributed by atoms with van der Waals surface area (Å²) in [6.07, 6.45) is 2.93. The van der Waals surface area contributed by atoms with Crippen molar-refractivity contribution in [2.45, 2.75) is 21.9 Å². The standard InChI is InChI=1S/C29H27Cl3N2O5/c1-37-22-13-9-20(10-14-22)26(21-11-15-23(38-2)16-12-21)34-24(17-8-19-6-4-3-5-7-19)25(27(34)35)33-28(36)39-18-29(30,31)32/h3-17,24-26H,18H2,1-2H3,(H,33,36). The molecule has 0 bridgehead atoms. The third-order valence-electron chi connectivity index (χ3n) is 6.25. The van der Waals surface area contributed by atoms with Gasteiger partial charge in [-0.15, -0.1) is 0 Å². The third-order valence-corrected chi connectivity index (χ3v) is 6.58. The van der Waals surface area contributed by atoms with Crippen molar-refractivity contribution in [2.75, 3.05) is 20.8 Å². The molecule has 39 heavy (non-hydrogen) atoms. The molecule has 2 amide bonds. The number of hydrogen-bond donors (Lipinski definition) is 1. The fourth-order valence-corrected chi connectivity index (χ4v) is 4.52. The zero-order valence-electron chi connectivity index (χ0n) is 21.2. The highest BCUT2D eigenvalue weighted by Gasteiger charge is 2.51. The Morgan fingerprint density at radius 3 is 1.95 bits per heavy atom. The number of β-lactam (4-membered cyclic amide) rings is 1. The second kappa shape index (κ2) is 12.6. The first kappa shape index (κ1) is 28.6. The molecular formula is C29H27Cl3N2O5. The number of carbonyl (C=O) groups excluding carboxylic acids is 2. The van der Waals surface area contributed by atoms with Gasteiger partial charge in [0.25, 0.3) is 0 Å². The second-order valence-corrected chi connectivity index (χ2v) is 11.3. The number of benzene rings is 3. The van der Waals surface area contributed by atoms with Crippen molar-refractivity contribution in [1.82, 2.24) is 10.2 Å². The van der Waals surface area contributed by atoms with Gasteiger partial charge >= 0.3 is 6.09 Å². The molecule has 1 heterocycles. The van der Waals surface area contributed by atoms with Crippen LogP contribution in [-0.2, 0) is 9.53 Å². The number of methoxy groups -OCH3 is 2. The van der Waals surface area contributed by atoms with Crippen LogP contribution in [0.3, 0.4) is 0 Å². The van der Waals surface area contributed by atoms with Crippen LogP contribution < -0.4 is 14.8 Å². The third kappa shape index (κ3) is 7.18. The minimum atomic E-state index is -1.77. The molecule has 0 saturated carbocycles. The van der Waals surface area contributed by atoms with Crippen molar-refractivity contribution in [3.63, 3.8) is 0 Å². The van der Waals surface area contributed by atoms with Crippen LogP contribution in [0.4, 0.5) is 4.79 Å². The average molecular weight is 590 g/mol. The summed E-state index contributed by atoms with van der Waals surface area (Å²) in [5, 5.41) is 2.63. The number of nitrogens with zero attached hydrogens (tertiary/aromatic N) is 1. The average Bonchev–Trinajstić information content (AvgIpc) is 2.95. The molecule has 1 N–H and O–H groups in total. The SMILES string of the molecule is COc1ccc(C(c2ccc(OC)cc2)N2C(=O)C(NC(=O)OCC(Cl)(Cl)Cl)C2C=Cc2ccccc2)cc1. The Bertz CT molecular complexity index is 1250. The van der Waals surface area contributed by atoms with E-state index in [0.29, 0.717) is 11.5 Å². The van der Waals surface area contributed by atoms with Gasteiger partial charge in [-0.2, -0.15) is 0 Å². The van der Waals surface area contributed by atoms with E-state index in [-0.39, 0.29) is 5.91 Å². The zero-order valence-corrected chi connectivity index (χ0v) is 23.5. The molecule has 0 spiro atoms. The molecule has 204 valence electrons. The molecule has 0 radical (unpaired) electrons. The van der Waals surface area contributed by atoms with Crippen molar-refractivity contribution in [2.24, 2.45) is 0 Å². The molecule has 4 rings (SSSR count). The van der Waals surface area contributed by atoms with Gasteiger partial charge in [-0.3, -0.25) is 4.79 Å². The van der Waals surface area contributed by atoms with Crippen LogP contribution >= 0.6 is 34.8 Å². The topological polar surface area (TPSA) is 77.1 Å². The van der Waals surface area contributed by atoms with E-state index in [9.17, 15) is 9.59 Å². The minimum absolute atomic E-state index is 0.291. The van der Waals surface area contributed by atoms with Gasteiger partial charge in [-0.25, -0.2) is 4.79 Å². The van der Waals surface area contributed by atoms with Crippen LogP contribution in [0.15, 0.2) is 84.9 Å². The van der Waals surface area contributed by atoms with Gasteiger partial charge < -0.3 is 24.4 Å². The molecule has 0 aliphatic carbocycles. The van der Waals surface area contributed by atoms with Gasteiger partial charge in [0.2, 0.25) is 9.70 Å². The highest BCUT2D eigenvalue weighted by atomic mass is 35.6. The predicted octanol–water partition coefficient (Wildman–Crippen LogP) is 6.18. The number of nitrogens with one attached hydrogen (secondary N) is 1. The summed E-state index contributed by atoms with van der Waals surface area (Å²) < 4.78 is 13.9. The maximum Gasteiger partial charge on any atom is 0.408 e. The second-order valence-electron chi connectivity index (χ2n) is 8.77. The molecule has 7 nitrogen and oxygen atoms in total. The van der Waals surface area contributed by atoms with Crippen LogP contribution in [-0.4, -0.2) is 53.6 Å². The number of rotatable bonds is 9. The first-order valence-electron chi connectivity index (χ1n) is 12.0. The summed E-state index contributed by atoms with van der Waals surface area (Å²) in [5.41, 5.74) is 2.68. The fraction of sp³-hybridized carbons (Fsp3) is 0.241. The Labute approximate surface area is 242 Å². The van der Waals surface area contributed by atoms with Gasteiger partial charge in [0.15, 0.2) is 0 Å². The molecule has 1 fully saturated rings. The lowest BCUT2D eigenvalue weighted by Crippen LogP contribution is -2.70. The van der Waals surface area contributed by atoms with E-state index < -0.39 is 34.6 Å². The summed E-state index contributed by atoms with van der Waals surface area (Å²) in [6.45, 7) is -0.459. The van der Waals surface area contributed by atoms with Crippen molar-refractivity contribution in [3.05, 3.63) is 102 Å². The summed E-state index contributed by atoms with van der Waals surface area (Å²) in [5.74, 6) is 1.10. The molecule has 3 aromatic rings. The van der Waals surface area contributed by atoms with Crippen LogP contribution in [0.5, 0.6) is 11.5 Å². The van der Waals surface area contributed by atoms with E-state index in [4.69, 9.17) is 49.0 Å². The van der Waals surface area contributed by atoms with Crippen molar-refractivity contribution in [3.8, 4) is 11.5 Å². The van der Waals surface area contributed by atoms with E-state index >= 15 is 0 Å². The monoisotopic (exact) mass is 588 g/mol. The summed E-state index contributed by atoms with van der Waals surface area (Å²) in [6, 6.07) is 22.8. The quantitative estimate of drug-likeness (QED) is 0.238. The Morgan fingerprint density at radius 2 is 1.46 bits per heavy atom. The molecule has 2 atom stereocenters. The van der Waals surface area contributed by atoms with E-state index in [1.54, 1.807) is 19.1 Å². The number of carbonyl (C=O) groups is 2. The number of hydrogen-bond acceptors (Lipinski definition) is 5. The highest BCUT2D eigenvalue weighted by molar-refractivity contribution is 6.67. The van der Waals surface area contributed by atoms with Gasteiger partial charge in [0.1, 0.15) is 24.1 Å². The molecule has 0 aromatic heterocycles. The fourth-order valence-electron chi connectivity index (χ4n) is 4.36. The van der Waals surface area contributed by atoms with E-state index in [1.807, 2.05) is 91.0 Å². The van der Waals surface area contributed by atoms with E-state index in [1.165, 1.54) is 0 Å². The predicted molar refractivity (Wildman–Crippen MR) is 153 cm³/mol. The number of likely N-dealkylation sites (tertiary alicyclic amines) is 1. The highest BCUT2D eigenvalue weighted by Crippen LogP contribution is 2.39. The van der Waals surface area contributed by atoms with Crippen LogP contribution in [0.1, 0.15) is 22.7 Å². The number of alkyl halides is 3. The van der Waals surface area contributed by atoms with Gasteiger partial charge in [0.05, 0.1) is 26.3 Å². The van der Waals surface area contributed by atoms with Gasteiger partial charge in [0, 0.05) is 0 Å². The molecule has 1 aliphatic rings. The maximum absolute atomic E-state index is 13.6. The Morgan fingerprint density at radius 1 is 0.923 bits per heavy atom. The van der Waals surface area contributed by atoms with Crippen LogP contribution in [0.25, 0.3) is 6.08 Å². The number of ether oxygens (including phenoxy) is 3. The molecule has 1 saturated heterocycles. The molecule has 1 aliphatic heterocycles. The summed E-state index contributed by atoms with van der Waals surface area (Å²) >= 11 is 17.1. The first-order valence-corrected chi connectivity index (χ1v) is 13.2. The first-order chi connectivity index (χ1) is 18.7. The Balaban J connectivity index is 1.69. The Hall–Kier alpha value is -3.39. The molecule has 10 heteroatoms. The van der Waals surface area contributed by atoms with Gasteiger partial charge in [-0.05, 0) is 41.0 Å². The maximum atomic E-state index is 13.6.